The van der Waals surface area contributed by atoms with Crippen LogP contribution in [0.15, 0.2) is 33.7 Å². The van der Waals surface area contributed by atoms with Gasteiger partial charge in [-0.2, -0.15) is 4.98 Å². The molecule has 0 saturated heterocycles. The van der Waals surface area contributed by atoms with E-state index in [-0.39, 0.29) is 6.04 Å². The lowest BCUT2D eigenvalue weighted by Gasteiger charge is -2.23. The minimum absolute atomic E-state index is 0.278. The average molecular weight is 314 g/mol. The van der Waals surface area contributed by atoms with Gasteiger partial charge in [0, 0.05) is 30.5 Å². The van der Waals surface area contributed by atoms with Crippen LogP contribution in [0.3, 0.4) is 0 Å². The maximum absolute atomic E-state index is 5.36. The van der Waals surface area contributed by atoms with Crippen molar-refractivity contribution in [3.8, 4) is 11.4 Å². The van der Waals surface area contributed by atoms with Gasteiger partial charge in [-0.1, -0.05) is 15.5 Å². The normalized spacial score (nSPS) is 11.5. The largest absolute Gasteiger partial charge is 0.338 e. The zero-order chi connectivity index (χ0) is 16.2. The fourth-order valence-electron chi connectivity index (χ4n) is 2.11. The van der Waals surface area contributed by atoms with Crippen molar-refractivity contribution >= 4 is 0 Å². The highest BCUT2D eigenvalue weighted by Crippen LogP contribution is 2.17. The number of pyridine rings is 1. The zero-order valence-corrected chi connectivity index (χ0v) is 13.3. The molecule has 0 bridgehead atoms. The summed E-state index contributed by atoms with van der Waals surface area (Å²) in [5.74, 6) is 1.09. The topological polar surface area (TPSA) is 94.0 Å². The van der Waals surface area contributed by atoms with Crippen molar-refractivity contribution in [2.45, 2.75) is 39.9 Å². The van der Waals surface area contributed by atoms with Crippen LogP contribution in [-0.4, -0.2) is 36.4 Å². The van der Waals surface area contributed by atoms with Gasteiger partial charge in [-0.05, 0) is 32.9 Å². The van der Waals surface area contributed by atoms with Gasteiger partial charge in [0.25, 0.3) is 0 Å². The summed E-state index contributed by atoms with van der Waals surface area (Å²) in [6, 6.07) is 4.01. The maximum atomic E-state index is 5.36. The first kappa shape index (κ1) is 15.3. The standard InChI is InChI=1S/C15H18N6O2/c1-10(2)21(8-13-11(3)18-23-19-13)9-14-17-15(20-22-14)12-5-4-6-16-7-12/h4-7,10H,8-9H2,1-3H3. The highest BCUT2D eigenvalue weighted by molar-refractivity contribution is 5.51. The summed E-state index contributed by atoms with van der Waals surface area (Å²) < 4.78 is 10.1. The van der Waals surface area contributed by atoms with Crippen molar-refractivity contribution in [3.63, 3.8) is 0 Å². The van der Waals surface area contributed by atoms with Gasteiger partial charge in [0.05, 0.1) is 6.54 Å². The lowest BCUT2D eigenvalue weighted by Crippen LogP contribution is -2.30. The van der Waals surface area contributed by atoms with Crippen LogP contribution in [0, 0.1) is 6.92 Å². The van der Waals surface area contributed by atoms with Gasteiger partial charge in [-0.25, -0.2) is 4.63 Å². The van der Waals surface area contributed by atoms with Crippen molar-refractivity contribution in [2.24, 2.45) is 0 Å². The number of aryl methyl sites for hydroxylation is 1. The fourth-order valence-corrected chi connectivity index (χ4v) is 2.11. The summed E-state index contributed by atoms with van der Waals surface area (Å²) in [7, 11) is 0. The van der Waals surface area contributed by atoms with Crippen LogP contribution < -0.4 is 0 Å². The molecule has 0 spiro atoms. The van der Waals surface area contributed by atoms with Crippen LogP contribution in [0.1, 0.15) is 31.1 Å². The Morgan fingerprint density at radius 1 is 1.17 bits per heavy atom. The lowest BCUT2D eigenvalue weighted by atomic mass is 10.2. The molecular formula is C15H18N6O2. The molecule has 8 nitrogen and oxygen atoms in total. The molecule has 0 radical (unpaired) electrons. The van der Waals surface area contributed by atoms with Crippen molar-refractivity contribution in [2.75, 3.05) is 0 Å². The number of nitrogens with zero attached hydrogens (tertiary/aromatic N) is 6. The van der Waals surface area contributed by atoms with E-state index in [2.05, 4.69) is 44.2 Å². The van der Waals surface area contributed by atoms with Crippen LogP contribution in [-0.2, 0) is 13.1 Å². The molecule has 3 aromatic rings. The Kier molecular flexibility index (Phi) is 4.42. The first-order valence-corrected chi connectivity index (χ1v) is 7.38. The molecule has 23 heavy (non-hydrogen) atoms. The van der Waals surface area contributed by atoms with E-state index < -0.39 is 0 Å². The maximum Gasteiger partial charge on any atom is 0.241 e. The Bertz CT molecular complexity index is 752. The molecule has 3 aromatic heterocycles. The molecule has 0 aliphatic rings. The molecule has 0 aliphatic heterocycles. The Morgan fingerprint density at radius 2 is 2.04 bits per heavy atom. The number of rotatable bonds is 6. The molecule has 120 valence electrons. The van der Waals surface area contributed by atoms with Gasteiger partial charge in [-0.15, -0.1) is 0 Å². The molecule has 0 N–H and O–H groups in total. The van der Waals surface area contributed by atoms with Gasteiger partial charge in [0.1, 0.15) is 11.4 Å². The summed E-state index contributed by atoms with van der Waals surface area (Å²) in [4.78, 5) is 10.7. The van der Waals surface area contributed by atoms with Crippen LogP contribution in [0.5, 0.6) is 0 Å². The highest BCUT2D eigenvalue weighted by Gasteiger charge is 2.18. The Balaban J connectivity index is 1.74. The minimum Gasteiger partial charge on any atom is -0.338 e. The van der Waals surface area contributed by atoms with Gasteiger partial charge < -0.3 is 4.52 Å². The molecular weight excluding hydrogens is 296 g/mol. The van der Waals surface area contributed by atoms with Crippen molar-refractivity contribution < 1.29 is 9.15 Å². The molecule has 0 atom stereocenters. The molecule has 3 heterocycles. The van der Waals surface area contributed by atoms with Gasteiger partial charge in [0.15, 0.2) is 0 Å². The zero-order valence-electron chi connectivity index (χ0n) is 13.3. The third-order valence-electron chi connectivity index (χ3n) is 3.56. The minimum atomic E-state index is 0.278. The lowest BCUT2D eigenvalue weighted by molar-refractivity contribution is 0.171. The Morgan fingerprint density at radius 3 is 2.70 bits per heavy atom. The predicted octanol–water partition coefficient (Wildman–Crippen LogP) is 2.23. The monoisotopic (exact) mass is 314 g/mol. The Hall–Kier alpha value is -2.61. The molecule has 0 fully saturated rings. The van der Waals surface area contributed by atoms with Crippen molar-refractivity contribution in [1.82, 2.24) is 30.3 Å². The third kappa shape index (κ3) is 3.59. The Labute approximate surface area is 133 Å². The quantitative estimate of drug-likeness (QED) is 0.683. The second kappa shape index (κ2) is 6.66. The van der Waals surface area contributed by atoms with E-state index in [1.165, 1.54) is 0 Å². The summed E-state index contributed by atoms with van der Waals surface area (Å²) >= 11 is 0. The molecule has 0 amide bonds. The summed E-state index contributed by atoms with van der Waals surface area (Å²) in [6.07, 6.45) is 3.42. The van der Waals surface area contributed by atoms with E-state index in [1.54, 1.807) is 12.4 Å². The van der Waals surface area contributed by atoms with E-state index in [1.807, 2.05) is 19.1 Å². The molecule has 0 unspecified atom stereocenters. The van der Waals surface area contributed by atoms with E-state index >= 15 is 0 Å². The van der Waals surface area contributed by atoms with Crippen LogP contribution in [0.4, 0.5) is 0 Å². The first-order chi connectivity index (χ1) is 11.1. The number of hydrogen-bond acceptors (Lipinski definition) is 8. The first-order valence-electron chi connectivity index (χ1n) is 7.38. The smallest absolute Gasteiger partial charge is 0.241 e. The second-order valence-electron chi connectivity index (χ2n) is 5.55. The molecule has 3 rings (SSSR count). The van der Waals surface area contributed by atoms with E-state index in [4.69, 9.17) is 9.15 Å². The fraction of sp³-hybridized carbons (Fsp3) is 0.400. The van der Waals surface area contributed by atoms with E-state index in [0.29, 0.717) is 24.8 Å². The van der Waals surface area contributed by atoms with E-state index in [0.717, 1.165) is 17.0 Å². The third-order valence-corrected chi connectivity index (χ3v) is 3.56. The number of aromatic nitrogens is 5. The summed E-state index contributed by atoms with van der Waals surface area (Å²) in [5, 5.41) is 11.8. The van der Waals surface area contributed by atoms with Crippen LogP contribution >= 0.6 is 0 Å². The van der Waals surface area contributed by atoms with Crippen molar-refractivity contribution in [1.29, 1.82) is 0 Å². The number of hydrogen-bond donors (Lipinski definition) is 0. The van der Waals surface area contributed by atoms with E-state index in [9.17, 15) is 0 Å². The van der Waals surface area contributed by atoms with Gasteiger partial charge >= 0.3 is 0 Å². The SMILES string of the molecule is Cc1nonc1CN(Cc1nc(-c2cccnc2)no1)C(C)C. The van der Waals surface area contributed by atoms with Crippen molar-refractivity contribution in [3.05, 3.63) is 41.8 Å². The molecule has 0 aromatic carbocycles. The summed E-state index contributed by atoms with van der Waals surface area (Å²) in [6.45, 7) is 7.20. The van der Waals surface area contributed by atoms with Crippen LogP contribution in [0.2, 0.25) is 0 Å². The van der Waals surface area contributed by atoms with Gasteiger partial charge in [0.2, 0.25) is 11.7 Å². The summed E-state index contributed by atoms with van der Waals surface area (Å²) in [5.41, 5.74) is 2.43. The molecule has 8 heteroatoms. The average Bonchev–Trinajstić information content (AvgIpc) is 3.17. The second-order valence-corrected chi connectivity index (χ2v) is 5.55. The predicted molar refractivity (Wildman–Crippen MR) is 80.9 cm³/mol. The van der Waals surface area contributed by atoms with Crippen LogP contribution in [0.25, 0.3) is 11.4 Å². The van der Waals surface area contributed by atoms with Gasteiger partial charge in [-0.3, -0.25) is 9.88 Å². The highest BCUT2D eigenvalue weighted by atomic mass is 16.6. The molecule has 0 saturated carbocycles. The molecule has 0 aliphatic carbocycles.